The number of amides is 1. The highest BCUT2D eigenvalue weighted by molar-refractivity contribution is 6.25. The van der Waals surface area contributed by atoms with Gasteiger partial charge in [-0.05, 0) is 76.5 Å². The average molecular weight is 475 g/mol. The minimum atomic E-state index is -0.711. The molecule has 4 aliphatic rings. The van der Waals surface area contributed by atoms with Crippen LogP contribution in [0.5, 0.6) is 0 Å². The Labute approximate surface area is 203 Å². The number of fused-ring (bicyclic) bond motifs is 1. The molecule has 2 saturated heterocycles. The highest BCUT2D eigenvalue weighted by Gasteiger charge is 2.54. The summed E-state index contributed by atoms with van der Waals surface area (Å²) in [6, 6.07) is 0.0336. The number of ketones is 1. The molecule has 0 aromatic heterocycles. The maximum absolute atomic E-state index is 12.6. The standard InChI is InChI=1S/C27H42N2O5/c1-14-6-7-19-18(10-14)11-15(2)20(12-16(3)33-23-9-8-21(28)17(4)34-23)27(19,5)25(31)24-22(30)13-29-26(24)32/h11,14,16-21,23,31H,6-10,12-13,28H2,1-5H3,(H,29,32)/b25-24-/t14?,16?,17-,18?,19?,20?,21-,23+,27?/m0/s1. The lowest BCUT2D eigenvalue weighted by molar-refractivity contribution is -0.215. The summed E-state index contributed by atoms with van der Waals surface area (Å²) in [5.41, 5.74) is 6.52. The van der Waals surface area contributed by atoms with E-state index < -0.39 is 11.3 Å². The van der Waals surface area contributed by atoms with Gasteiger partial charge in [0.15, 0.2) is 12.1 Å². The van der Waals surface area contributed by atoms with Crippen molar-refractivity contribution in [2.75, 3.05) is 6.54 Å². The first-order chi connectivity index (χ1) is 16.0. The monoisotopic (exact) mass is 474 g/mol. The van der Waals surface area contributed by atoms with Gasteiger partial charge in [0.1, 0.15) is 11.3 Å². The van der Waals surface area contributed by atoms with Crippen LogP contribution in [-0.4, -0.2) is 47.9 Å². The molecule has 9 atom stereocenters. The van der Waals surface area contributed by atoms with Crippen LogP contribution in [0, 0.1) is 29.1 Å². The fraction of sp³-hybridized carbons (Fsp3) is 0.778. The fourth-order valence-corrected chi connectivity index (χ4v) is 7.00. The van der Waals surface area contributed by atoms with Crippen LogP contribution < -0.4 is 11.1 Å². The van der Waals surface area contributed by atoms with Crippen LogP contribution in [0.3, 0.4) is 0 Å². The second-order valence-corrected chi connectivity index (χ2v) is 11.5. The van der Waals surface area contributed by atoms with Crippen molar-refractivity contribution in [2.45, 2.75) is 97.7 Å². The van der Waals surface area contributed by atoms with E-state index in [0.717, 1.165) is 32.1 Å². The van der Waals surface area contributed by atoms with Gasteiger partial charge < -0.3 is 25.6 Å². The summed E-state index contributed by atoms with van der Waals surface area (Å²) < 4.78 is 12.3. The molecule has 1 amide bonds. The normalized spacial score (nSPS) is 43.1. The number of nitrogens with one attached hydrogen (secondary N) is 1. The molecule has 190 valence electrons. The summed E-state index contributed by atoms with van der Waals surface area (Å²) in [7, 11) is 0. The van der Waals surface area contributed by atoms with E-state index in [4.69, 9.17) is 15.2 Å². The molecule has 1 saturated carbocycles. The van der Waals surface area contributed by atoms with Crippen LogP contribution in [0.4, 0.5) is 0 Å². The van der Waals surface area contributed by atoms with Crippen LogP contribution in [0.1, 0.15) is 73.1 Å². The molecule has 7 nitrogen and oxygen atoms in total. The molecular weight excluding hydrogens is 432 g/mol. The smallest absolute Gasteiger partial charge is 0.258 e. The molecule has 4 rings (SSSR count). The zero-order valence-corrected chi connectivity index (χ0v) is 21.3. The third kappa shape index (κ3) is 4.59. The van der Waals surface area contributed by atoms with Crippen molar-refractivity contribution >= 4 is 11.7 Å². The highest BCUT2D eigenvalue weighted by Crippen LogP contribution is 2.58. The van der Waals surface area contributed by atoms with Gasteiger partial charge in [-0.25, -0.2) is 0 Å². The second-order valence-electron chi connectivity index (χ2n) is 11.5. The molecule has 2 aliphatic heterocycles. The molecule has 4 N–H and O–H groups in total. The van der Waals surface area contributed by atoms with E-state index in [9.17, 15) is 14.7 Å². The van der Waals surface area contributed by atoms with E-state index in [2.05, 4.69) is 32.2 Å². The first kappa shape index (κ1) is 25.4. The van der Waals surface area contributed by atoms with Crippen LogP contribution in [0.25, 0.3) is 0 Å². The molecule has 2 heterocycles. The third-order valence-corrected chi connectivity index (χ3v) is 9.00. The number of hydrogen-bond acceptors (Lipinski definition) is 6. The molecule has 0 bridgehead atoms. The van der Waals surface area contributed by atoms with E-state index in [-0.39, 0.29) is 60.0 Å². The number of nitrogens with two attached hydrogens (primary N) is 1. The zero-order chi connectivity index (χ0) is 24.8. The quantitative estimate of drug-likeness (QED) is 0.242. The van der Waals surface area contributed by atoms with Gasteiger partial charge in [0.25, 0.3) is 5.91 Å². The lowest BCUT2D eigenvalue weighted by Crippen LogP contribution is -2.48. The van der Waals surface area contributed by atoms with Crippen molar-refractivity contribution < 1.29 is 24.2 Å². The summed E-state index contributed by atoms with van der Waals surface area (Å²) in [5.74, 6) is 0.261. The zero-order valence-electron chi connectivity index (χ0n) is 21.3. The van der Waals surface area contributed by atoms with E-state index in [0.29, 0.717) is 18.3 Å². The molecule has 7 heteroatoms. The molecule has 0 aromatic rings. The van der Waals surface area contributed by atoms with Crippen LogP contribution in [0.15, 0.2) is 23.0 Å². The molecule has 3 fully saturated rings. The van der Waals surface area contributed by atoms with Gasteiger partial charge in [-0.15, -0.1) is 0 Å². The summed E-state index contributed by atoms with van der Waals surface area (Å²) in [6.45, 7) is 10.4. The van der Waals surface area contributed by atoms with Gasteiger partial charge in [0.05, 0.1) is 18.8 Å². The van der Waals surface area contributed by atoms with Crippen molar-refractivity contribution in [3.63, 3.8) is 0 Å². The number of allylic oxidation sites excluding steroid dienone is 3. The van der Waals surface area contributed by atoms with Crippen LogP contribution >= 0.6 is 0 Å². The Morgan fingerprint density at radius 3 is 2.68 bits per heavy atom. The van der Waals surface area contributed by atoms with Crippen LogP contribution in [0.2, 0.25) is 0 Å². The molecule has 0 radical (unpaired) electrons. The average Bonchev–Trinajstić information content (AvgIpc) is 3.10. The largest absolute Gasteiger partial charge is 0.511 e. The minimum Gasteiger partial charge on any atom is -0.511 e. The summed E-state index contributed by atoms with van der Waals surface area (Å²) in [6.07, 6.45) is 7.34. The lowest BCUT2D eigenvalue weighted by Gasteiger charge is -2.53. The van der Waals surface area contributed by atoms with Crippen LogP contribution in [-0.2, 0) is 19.1 Å². The van der Waals surface area contributed by atoms with Gasteiger partial charge >= 0.3 is 0 Å². The molecule has 0 aromatic carbocycles. The fourth-order valence-electron chi connectivity index (χ4n) is 7.00. The van der Waals surface area contributed by atoms with Crippen molar-refractivity contribution in [2.24, 2.45) is 34.8 Å². The third-order valence-electron chi connectivity index (χ3n) is 9.00. The van der Waals surface area contributed by atoms with Gasteiger partial charge in [-0.1, -0.05) is 31.9 Å². The van der Waals surface area contributed by atoms with E-state index >= 15 is 0 Å². The van der Waals surface area contributed by atoms with E-state index in [1.54, 1.807) is 0 Å². The summed E-state index contributed by atoms with van der Waals surface area (Å²) >= 11 is 0. The lowest BCUT2D eigenvalue weighted by atomic mass is 9.51. The first-order valence-electron chi connectivity index (χ1n) is 13.0. The van der Waals surface area contributed by atoms with E-state index in [1.165, 1.54) is 5.57 Å². The molecular formula is C27H42N2O5. The van der Waals surface area contributed by atoms with Gasteiger partial charge in [0, 0.05) is 11.5 Å². The Morgan fingerprint density at radius 2 is 2.03 bits per heavy atom. The number of ether oxygens (including phenoxy) is 2. The predicted octanol–water partition coefficient (Wildman–Crippen LogP) is 3.78. The first-order valence-corrected chi connectivity index (χ1v) is 13.0. The van der Waals surface area contributed by atoms with E-state index in [1.807, 2.05) is 13.8 Å². The molecule has 6 unspecified atom stereocenters. The Bertz CT molecular complexity index is 864. The number of carbonyl (C=O) groups excluding carboxylic acids is 2. The Balaban J connectivity index is 1.64. The number of hydrogen-bond donors (Lipinski definition) is 3. The Hall–Kier alpha value is -1.70. The highest BCUT2D eigenvalue weighted by atomic mass is 16.7. The van der Waals surface area contributed by atoms with Crippen molar-refractivity contribution in [3.8, 4) is 0 Å². The summed E-state index contributed by atoms with van der Waals surface area (Å²) in [5, 5.41) is 14.2. The number of aliphatic hydroxyl groups excluding tert-OH is 1. The molecule has 0 spiro atoms. The van der Waals surface area contributed by atoms with Gasteiger partial charge in [0.2, 0.25) is 0 Å². The van der Waals surface area contributed by atoms with Crippen molar-refractivity contribution in [1.82, 2.24) is 5.32 Å². The van der Waals surface area contributed by atoms with Crippen molar-refractivity contribution in [3.05, 3.63) is 23.0 Å². The summed E-state index contributed by atoms with van der Waals surface area (Å²) in [4.78, 5) is 25.1. The maximum Gasteiger partial charge on any atom is 0.258 e. The topological polar surface area (TPSA) is 111 Å². The minimum absolute atomic E-state index is 0.0322. The Kier molecular flexibility index (Phi) is 7.28. The molecule has 34 heavy (non-hydrogen) atoms. The number of carbonyl (C=O) groups is 2. The maximum atomic E-state index is 12.6. The van der Waals surface area contributed by atoms with Crippen molar-refractivity contribution in [1.29, 1.82) is 0 Å². The molecule has 2 aliphatic carbocycles. The second kappa shape index (κ2) is 9.75. The number of aliphatic hydroxyl groups is 1. The van der Waals surface area contributed by atoms with Gasteiger partial charge in [-0.2, -0.15) is 0 Å². The predicted molar refractivity (Wildman–Crippen MR) is 130 cm³/mol. The SMILES string of the molecule is CC1=CC2CC(C)CCC2C(C)(/C(O)=C2\C(=O)CNC2=O)C1CC(C)O[C@H]1CC[C@H](N)[C@H](C)O1. The number of Topliss-reactive ketones (excluding diaryl/α,β-unsaturated/α-hetero) is 1. The number of rotatable bonds is 5. The van der Waals surface area contributed by atoms with Gasteiger partial charge in [-0.3, -0.25) is 9.59 Å². The Morgan fingerprint density at radius 1 is 1.29 bits per heavy atom.